The van der Waals surface area contributed by atoms with Gasteiger partial charge in [0.05, 0.1) is 15.9 Å². The quantitative estimate of drug-likeness (QED) is 0.565. The smallest absolute Gasteiger partial charge is 0.267 e. The lowest BCUT2D eigenvalue weighted by Crippen LogP contribution is -2.43. The Morgan fingerprint density at radius 2 is 1.88 bits per heavy atom. The summed E-state index contributed by atoms with van der Waals surface area (Å²) in [4.78, 5) is 29.5. The highest BCUT2D eigenvalue weighted by Crippen LogP contribution is 2.32. The number of nitrogens with one attached hydrogen (secondary N) is 2. The SMILES string of the molecule is Cc1nc(Nc2ncc3c(C)c(Br)c(=O)n(C4CCCC4)c3n2)ccc1N1CCNCC1. The van der Waals surface area contributed by atoms with Gasteiger partial charge in [-0.2, -0.15) is 4.98 Å². The van der Waals surface area contributed by atoms with Crippen molar-refractivity contribution < 1.29 is 0 Å². The minimum atomic E-state index is -0.0131. The van der Waals surface area contributed by atoms with Crippen molar-refractivity contribution in [2.24, 2.45) is 0 Å². The number of aromatic nitrogens is 4. The van der Waals surface area contributed by atoms with Gasteiger partial charge in [-0.25, -0.2) is 9.97 Å². The van der Waals surface area contributed by atoms with Gasteiger partial charge in [-0.1, -0.05) is 12.8 Å². The second-order valence-corrected chi connectivity index (χ2v) is 9.44. The molecular formula is C23H28BrN7O. The summed E-state index contributed by atoms with van der Waals surface area (Å²) in [5.41, 5.74) is 3.68. The van der Waals surface area contributed by atoms with Crippen molar-refractivity contribution in [1.29, 1.82) is 0 Å². The van der Waals surface area contributed by atoms with Crippen LogP contribution in [0, 0.1) is 13.8 Å². The first-order valence-electron chi connectivity index (χ1n) is 11.3. The van der Waals surface area contributed by atoms with Crippen molar-refractivity contribution in [3.8, 4) is 0 Å². The molecule has 1 aliphatic carbocycles. The molecule has 1 saturated carbocycles. The molecular weight excluding hydrogens is 470 g/mol. The van der Waals surface area contributed by atoms with E-state index < -0.39 is 0 Å². The van der Waals surface area contributed by atoms with Crippen molar-refractivity contribution in [2.45, 2.75) is 45.6 Å². The fourth-order valence-corrected chi connectivity index (χ4v) is 5.25. The molecule has 0 unspecified atom stereocenters. The van der Waals surface area contributed by atoms with E-state index in [2.05, 4.69) is 42.5 Å². The number of hydrogen-bond donors (Lipinski definition) is 2. The average molecular weight is 498 g/mol. The third-order valence-corrected chi connectivity index (χ3v) is 7.52. The van der Waals surface area contributed by atoms with Crippen molar-refractivity contribution >= 4 is 44.4 Å². The van der Waals surface area contributed by atoms with E-state index in [1.165, 1.54) is 0 Å². The molecule has 1 aliphatic heterocycles. The van der Waals surface area contributed by atoms with Crippen LogP contribution in [0.5, 0.6) is 0 Å². The second kappa shape index (κ2) is 8.78. The molecule has 5 rings (SSSR count). The lowest BCUT2D eigenvalue weighted by Gasteiger charge is -2.30. The molecule has 0 spiro atoms. The Kier molecular flexibility index (Phi) is 5.86. The number of halogens is 1. The minimum absolute atomic E-state index is 0.0131. The molecule has 0 bridgehead atoms. The van der Waals surface area contributed by atoms with Crippen LogP contribution < -0.4 is 21.1 Å². The molecule has 0 amide bonds. The molecule has 0 radical (unpaired) electrons. The lowest BCUT2D eigenvalue weighted by atomic mass is 10.1. The molecule has 3 aromatic heterocycles. The van der Waals surface area contributed by atoms with E-state index in [1.54, 1.807) is 6.20 Å². The lowest BCUT2D eigenvalue weighted by molar-refractivity contribution is 0.514. The summed E-state index contributed by atoms with van der Waals surface area (Å²) in [5.74, 6) is 1.15. The van der Waals surface area contributed by atoms with Crippen LogP contribution in [0.4, 0.5) is 17.5 Å². The zero-order valence-electron chi connectivity index (χ0n) is 18.5. The van der Waals surface area contributed by atoms with Crippen molar-refractivity contribution in [2.75, 3.05) is 36.4 Å². The number of rotatable bonds is 4. The summed E-state index contributed by atoms with van der Waals surface area (Å²) in [5, 5.41) is 7.52. The molecule has 8 nitrogen and oxygen atoms in total. The largest absolute Gasteiger partial charge is 0.368 e. The average Bonchev–Trinajstić information content (AvgIpc) is 3.33. The minimum Gasteiger partial charge on any atom is -0.368 e. The molecule has 0 aromatic carbocycles. The van der Waals surface area contributed by atoms with Gasteiger partial charge in [0.25, 0.3) is 5.56 Å². The third-order valence-electron chi connectivity index (χ3n) is 6.58. The van der Waals surface area contributed by atoms with Gasteiger partial charge in [0.2, 0.25) is 5.95 Å². The van der Waals surface area contributed by atoms with Gasteiger partial charge in [-0.3, -0.25) is 9.36 Å². The highest BCUT2D eigenvalue weighted by atomic mass is 79.9. The molecule has 32 heavy (non-hydrogen) atoms. The number of fused-ring (bicyclic) bond motifs is 1. The van der Waals surface area contributed by atoms with Crippen LogP contribution in [0.2, 0.25) is 0 Å². The Balaban J connectivity index is 1.50. The van der Waals surface area contributed by atoms with Gasteiger partial charge in [-0.05, 0) is 60.3 Å². The Labute approximate surface area is 195 Å². The van der Waals surface area contributed by atoms with Crippen LogP contribution in [0.25, 0.3) is 11.0 Å². The number of aryl methyl sites for hydroxylation is 2. The van der Waals surface area contributed by atoms with E-state index in [1.807, 2.05) is 24.5 Å². The standard InChI is InChI=1S/C23H28BrN7O/c1-14-17-13-26-23(29-21(17)31(22(32)20(14)24)16-5-3-4-6-16)28-19-8-7-18(15(2)27-19)30-11-9-25-10-12-30/h7-8,13,16,25H,3-6,9-12H2,1-2H3,(H,26,27,28,29). The van der Waals surface area contributed by atoms with Crippen molar-refractivity contribution in [3.05, 3.63) is 44.4 Å². The van der Waals surface area contributed by atoms with Crippen LogP contribution in [0.1, 0.15) is 43.0 Å². The highest BCUT2D eigenvalue weighted by Gasteiger charge is 2.24. The van der Waals surface area contributed by atoms with Gasteiger partial charge >= 0.3 is 0 Å². The Bertz CT molecular complexity index is 1210. The maximum absolute atomic E-state index is 13.1. The van der Waals surface area contributed by atoms with Crippen LogP contribution in [-0.2, 0) is 0 Å². The van der Waals surface area contributed by atoms with Crippen molar-refractivity contribution in [3.63, 3.8) is 0 Å². The van der Waals surface area contributed by atoms with E-state index >= 15 is 0 Å². The number of nitrogens with zero attached hydrogens (tertiary/aromatic N) is 5. The summed E-state index contributed by atoms with van der Waals surface area (Å²) in [6.07, 6.45) is 6.10. The Morgan fingerprint density at radius 3 is 2.59 bits per heavy atom. The summed E-state index contributed by atoms with van der Waals surface area (Å²) >= 11 is 3.50. The molecule has 2 fully saturated rings. The van der Waals surface area contributed by atoms with E-state index in [0.717, 1.165) is 74.2 Å². The van der Waals surface area contributed by atoms with Crippen LogP contribution in [-0.4, -0.2) is 45.7 Å². The van der Waals surface area contributed by atoms with Crippen LogP contribution in [0.3, 0.4) is 0 Å². The van der Waals surface area contributed by atoms with E-state index in [4.69, 9.17) is 9.97 Å². The van der Waals surface area contributed by atoms with Gasteiger partial charge in [0.1, 0.15) is 11.5 Å². The van der Waals surface area contributed by atoms with Gasteiger partial charge in [0, 0.05) is 43.8 Å². The maximum atomic E-state index is 13.1. The first-order chi connectivity index (χ1) is 15.5. The second-order valence-electron chi connectivity index (χ2n) is 8.65. The number of hydrogen-bond acceptors (Lipinski definition) is 7. The van der Waals surface area contributed by atoms with E-state index in [9.17, 15) is 4.79 Å². The molecule has 3 aromatic rings. The van der Waals surface area contributed by atoms with Gasteiger partial charge in [-0.15, -0.1) is 0 Å². The predicted molar refractivity (Wildman–Crippen MR) is 131 cm³/mol. The molecule has 0 atom stereocenters. The third kappa shape index (κ3) is 3.88. The number of anilines is 3. The van der Waals surface area contributed by atoms with Crippen molar-refractivity contribution in [1.82, 2.24) is 24.8 Å². The molecule has 2 N–H and O–H groups in total. The van der Waals surface area contributed by atoms with E-state index in [-0.39, 0.29) is 11.6 Å². The van der Waals surface area contributed by atoms with Crippen LogP contribution >= 0.6 is 15.9 Å². The Morgan fingerprint density at radius 1 is 1.12 bits per heavy atom. The fraction of sp³-hybridized carbons (Fsp3) is 0.478. The molecule has 9 heteroatoms. The normalized spacial score (nSPS) is 17.3. The maximum Gasteiger partial charge on any atom is 0.267 e. The highest BCUT2D eigenvalue weighted by molar-refractivity contribution is 9.10. The van der Waals surface area contributed by atoms with Crippen LogP contribution in [0.15, 0.2) is 27.6 Å². The first kappa shape index (κ1) is 21.3. The fourth-order valence-electron chi connectivity index (χ4n) is 4.84. The zero-order chi connectivity index (χ0) is 22.2. The topological polar surface area (TPSA) is 88.0 Å². The summed E-state index contributed by atoms with van der Waals surface area (Å²) in [6, 6.07) is 4.25. The number of piperazine rings is 1. The monoisotopic (exact) mass is 497 g/mol. The Hall–Kier alpha value is -2.52. The molecule has 4 heterocycles. The number of pyridine rings is 2. The first-order valence-corrected chi connectivity index (χ1v) is 12.1. The molecule has 2 aliphatic rings. The summed E-state index contributed by atoms with van der Waals surface area (Å²) in [6.45, 7) is 7.91. The van der Waals surface area contributed by atoms with Gasteiger partial charge < -0.3 is 15.5 Å². The van der Waals surface area contributed by atoms with Gasteiger partial charge in [0.15, 0.2) is 0 Å². The summed E-state index contributed by atoms with van der Waals surface area (Å²) < 4.78 is 2.46. The summed E-state index contributed by atoms with van der Waals surface area (Å²) in [7, 11) is 0. The predicted octanol–water partition coefficient (Wildman–Crippen LogP) is 3.83. The molecule has 1 saturated heterocycles. The zero-order valence-corrected chi connectivity index (χ0v) is 20.1. The molecule has 168 valence electrons. The van der Waals surface area contributed by atoms with E-state index in [0.29, 0.717) is 21.9 Å².